The summed E-state index contributed by atoms with van der Waals surface area (Å²) in [6, 6.07) is 0. The van der Waals surface area contributed by atoms with Crippen molar-refractivity contribution in [2.45, 2.75) is 7.43 Å². The Morgan fingerprint density at radius 1 is 1.75 bits per heavy atom. The molecule has 0 amide bonds. The monoisotopic (exact) mass is 146 g/mol. The standard InChI is InChI=1S/CO.CH4.Ru/c1-2;;/h;1H4;. The van der Waals surface area contributed by atoms with E-state index in [0.29, 0.717) is 0 Å². The van der Waals surface area contributed by atoms with Crippen LogP contribution in [0.5, 0.6) is 0 Å². The van der Waals surface area contributed by atoms with Gasteiger partial charge >= 0.3 is 27.1 Å². The third-order valence-electron chi connectivity index (χ3n) is 0. The molecule has 0 aliphatic carbocycles. The van der Waals surface area contributed by atoms with Crippen molar-refractivity contribution < 1.29 is 22.6 Å². The van der Waals surface area contributed by atoms with Gasteiger partial charge < -0.3 is 0 Å². The molecule has 0 aromatic heterocycles. The summed E-state index contributed by atoms with van der Waals surface area (Å²) in [5, 5.41) is 0. The van der Waals surface area contributed by atoms with Gasteiger partial charge in [0.05, 0.1) is 0 Å². The Bertz CT molecular complexity index is 27.0. The van der Waals surface area contributed by atoms with Crippen molar-refractivity contribution in [3.05, 3.63) is 0 Å². The molecule has 1 nitrogen and oxygen atoms in total. The summed E-state index contributed by atoms with van der Waals surface area (Å²) < 4.78 is 1.43. The van der Waals surface area contributed by atoms with Gasteiger partial charge in [-0.1, -0.05) is 7.43 Å². The van der Waals surface area contributed by atoms with Crippen LogP contribution in [0.25, 0.3) is 0 Å². The Morgan fingerprint density at radius 3 is 1.75 bits per heavy atom. The molecule has 26 valence electrons. The van der Waals surface area contributed by atoms with Crippen molar-refractivity contribution in [3.63, 3.8) is 0 Å². The first-order valence-electron chi connectivity index (χ1n) is 0.381. The number of hydrogen-bond donors (Lipinski definition) is 0. The van der Waals surface area contributed by atoms with E-state index in [4.69, 9.17) is 4.79 Å². The van der Waals surface area contributed by atoms with E-state index >= 15 is 0 Å². The van der Waals surface area contributed by atoms with Gasteiger partial charge in [-0.25, -0.2) is 0 Å². The number of hydrogen-bond acceptors (Lipinski definition) is 1. The van der Waals surface area contributed by atoms with Crippen molar-refractivity contribution in [1.29, 1.82) is 0 Å². The summed E-state index contributed by atoms with van der Waals surface area (Å²) in [5.41, 5.74) is 0. The fourth-order valence-electron chi connectivity index (χ4n) is 0. The van der Waals surface area contributed by atoms with E-state index in [1.807, 2.05) is 0 Å². The summed E-state index contributed by atoms with van der Waals surface area (Å²) in [6.07, 6.45) is 0. The van der Waals surface area contributed by atoms with Gasteiger partial charge in [-0.3, -0.25) is 0 Å². The topological polar surface area (TPSA) is 17.1 Å². The fourth-order valence-corrected chi connectivity index (χ4v) is 0. The SMILES string of the molecule is C.O=[C]=[Ru]. The molecule has 0 aliphatic rings. The minimum absolute atomic E-state index is 0. The first-order chi connectivity index (χ1) is 1.41. The first-order valence-corrected chi connectivity index (χ1v) is 1.25. The van der Waals surface area contributed by atoms with Crippen LogP contribution in [0.3, 0.4) is 0 Å². The van der Waals surface area contributed by atoms with Gasteiger partial charge in [0.2, 0.25) is 0 Å². The predicted octanol–water partition coefficient (Wildman–Crippen LogP) is 0.236. The minimum atomic E-state index is 0. The molecule has 2 heteroatoms. The van der Waals surface area contributed by atoms with Crippen LogP contribution in [0.1, 0.15) is 7.43 Å². The van der Waals surface area contributed by atoms with Crippen LogP contribution in [-0.4, -0.2) is 4.47 Å². The molecule has 0 N–H and O–H groups in total. The third kappa shape index (κ3) is 77.1. The molecule has 0 saturated carbocycles. The molecule has 0 fully saturated rings. The van der Waals surface area contributed by atoms with Crippen LogP contribution in [-0.2, 0) is 22.6 Å². The normalized spacial score (nSPS) is 2.25. The molecule has 0 bridgehead atoms. The number of rotatable bonds is 0. The van der Waals surface area contributed by atoms with Gasteiger partial charge in [0, 0.05) is 0 Å². The summed E-state index contributed by atoms with van der Waals surface area (Å²) in [5.74, 6) is 0. The van der Waals surface area contributed by atoms with Crippen LogP contribution in [0.4, 0.5) is 0 Å². The molecule has 0 unspecified atom stereocenters. The Morgan fingerprint density at radius 2 is 1.75 bits per heavy atom. The molecular weight excluding hydrogens is 141 g/mol. The van der Waals surface area contributed by atoms with Crippen LogP contribution in [0, 0.1) is 0 Å². The Kier molecular flexibility index (Phi) is 23.9. The average molecular weight is 145 g/mol. The summed E-state index contributed by atoms with van der Waals surface area (Å²) in [7, 11) is 0. The van der Waals surface area contributed by atoms with Crippen molar-refractivity contribution in [2.75, 3.05) is 0 Å². The molecule has 0 saturated heterocycles. The van der Waals surface area contributed by atoms with Crippen molar-refractivity contribution in [3.8, 4) is 0 Å². The maximum absolute atomic E-state index is 8.65. The molecule has 0 heterocycles. The molecule has 0 radical (unpaired) electrons. The fraction of sp³-hybridized carbons (Fsp3) is 0.500. The summed E-state index contributed by atoms with van der Waals surface area (Å²) >= 11 is 1.70. The molecule has 0 atom stereocenters. The average Bonchev–Trinajstić information content (AvgIpc) is 0.918. The molecule has 0 aromatic rings. The van der Waals surface area contributed by atoms with E-state index < -0.39 is 0 Å². The molecule has 0 rings (SSSR count). The van der Waals surface area contributed by atoms with E-state index in [1.165, 1.54) is 4.47 Å². The molecule has 0 spiro atoms. The van der Waals surface area contributed by atoms with Crippen molar-refractivity contribution in [1.82, 2.24) is 0 Å². The summed E-state index contributed by atoms with van der Waals surface area (Å²) in [4.78, 5) is 8.65. The van der Waals surface area contributed by atoms with Gasteiger partial charge in [0.25, 0.3) is 0 Å². The first kappa shape index (κ1) is 8.88. The second-order valence-corrected chi connectivity index (χ2v) is 0.427. The molecule has 0 aromatic carbocycles. The third-order valence-corrected chi connectivity index (χ3v) is 0. The Balaban J connectivity index is 0. The van der Waals surface area contributed by atoms with E-state index in [0.717, 1.165) is 0 Å². The van der Waals surface area contributed by atoms with E-state index in [-0.39, 0.29) is 7.43 Å². The second-order valence-electron chi connectivity index (χ2n) is 0.0722. The van der Waals surface area contributed by atoms with Crippen LogP contribution in [0.2, 0.25) is 0 Å². The Labute approximate surface area is 35.2 Å². The Hall–Kier alpha value is 0.203. The zero-order chi connectivity index (χ0) is 2.71. The zero-order valence-corrected chi connectivity index (χ0v) is 3.00. The zero-order valence-electron chi connectivity index (χ0n) is 1.26. The van der Waals surface area contributed by atoms with Gasteiger partial charge in [-0.05, 0) is 0 Å². The van der Waals surface area contributed by atoms with Crippen LogP contribution in [0.15, 0.2) is 0 Å². The van der Waals surface area contributed by atoms with Gasteiger partial charge in [0.1, 0.15) is 0 Å². The maximum atomic E-state index is 8.65. The summed E-state index contributed by atoms with van der Waals surface area (Å²) in [6.45, 7) is 0. The molecule has 4 heavy (non-hydrogen) atoms. The molecule has 0 aliphatic heterocycles. The quantitative estimate of drug-likeness (QED) is 0.446. The van der Waals surface area contributed by atoms with E-state index in [2.05, 4.69) is 0 Å². The second kappa shape index (κ2) is 10.7. The van der Waals surface area contributed by atoms with E-state index in [1.54, 1.807) is 17.9 Å². The van der Waals surface area contributed by atoms with Gasteiger partial charge in [-0.2, -0.15) is 0 Å². The van der Waals surface area contributed by atoms with Gasteiger partial charge in [0.15, 0.2) is 0 Å². The van der Waals surface area contributed by atoms with Crippen molar-refractivity contribution >= 4 is 4.47 Å². The predicted molar refractivity (Wildman–Crippen MR) is 12.4 cm³/mol. The van der Waals surface area contributed by atoms with E-state index in [9.17, 15) is 0 Å². The number of carbonyl (C=O) groups excluding carboxylic acids is 1. The van der Waals surface area contributed by atoms with Gasteiger partial charge in [-0.15, -0.1) is 0 Å². The van der Waals surface area contributed by atoms with Crippen LogP contribution < -0.4 is 0 Å². The van der Waals surface area contributed by atoms with Crippen molar-refractivity contribution in [2.24, 2.45) is 0 Å². The van der Waals surface area contributed by atoms with Crippen LogP contribution >= 0.6 is 0 Å². The molecular formula is C2H4ORu.